The summed E-state index contributed by atoms with van der Waals surface area (Å²) in [4.78, 5) is 0. The molecule has 108 valence electrons. The van der Waals surface area contributed by atoms with Crippen LogP contribution in [0.15, 0.2) is 40.9 Å². The summed E-state index contributed by atoms with van der Waals surface area (Å²) >= 11 is 3.48. The van der Waals surface area contributed by atoms with Gasteiger partial charge in [0.05, 0.1) is 0 Å². The molecule has 0 radical (unpaired) electrons. The van der Waals surface area contributed by atoms with Crippen LogP contribution in [0.1, 0.15) is 22.7 Å². The Labute approximate surface area is 132 Å². The molecule has 4 rings (SSSR count). The van der Waals surface area contributed by atoms with Gasteiger partial charge in [-0.3, -0.25) is 0 Å². The van der Waals surface area contributed by atoms with Gasteiger partial charge in [0.2, 0.25) is 6.79 Å². The fraction of sp³-hybridized carbons (Fsp3) is 0.294. The van der Waals surface area contributed by atoms with Gasteiger partial charge in [0.1, 0.15) is 0 Å². The van der Waals surface area contributed by atoms with Crippen molar-refractivity contribution in [2.45, 2.75) is 18.9 Å². The highest BCUT2D eigenvalue weighted by Gasteiger charge is 2.24. The molecule has 0 aromatic heterocycles. The first-order valence-electron chi connectivity index (χ1n) is 7.20. The van der Waals surface area contributed by atoms with E-state index in [2.05, 4.69) is 57.6 Å². The molecule has 1 atom stereocenters. The minimum atomic E-state index is 0.336. The maximum absolute atomic E-state index is 5.52. The number of hydrogen-bond acceptors (Lipinski definition) is 3. The molecule has 2 aliphatic rings. The van der Waals surface area contributed by atoms with Gasteiger partial charge in [-0.2, -0.15) is 0 Å². The van der Waals surface area contributed by atoms with E-state index < -0.39 is 0 Å². The van der Waals surface area contributed by atoms with Crippen LogP contribution in [0.25, 0.3) is 0 Å². The molecule has 1 unspecified atom stereocenters. The molecular formula is C17H16BrNO2. The number of nitrogens with one attached hydrogen (secondary N) is 1. The lowest BCUT2D eigenvalue weighted by atomic mass is 9.90. The zero-order valence-corrected chi connectivity index (χ0v) is 13.2. The van der Waals surface area contributed by atoms with Crippen molar-refractivity contribution in [3.05, 3.63) is 57.6 Å². The zero-order chi connectivity index (χ0) is 14.2. The van der Waals surface area contributed by atoms with Gasteiger partial charge in [0.15, 0.2) is 11.5 Å². The topological polar surface area (TPSA) is 30.5 Å². The summed E-state index contributed by atoms with van der Waals surface area (Å²) in [6, 6.07) is 13.2. The predicted molar refractivity (Wildman–Crippen MR) is 84.9 cm³/mol. The molecule has 4 heteroatoms. The maximum Gasteiger partial charge on any atom is 0.231 e. The highest BCUT2D eigenvalue weighted by Crippen LogP contribution is 2.38. The molecule has 3 nitrogen and oxygen atoms in total. The summed E-state index contributed by atoms with van der Waals surface area (Å²) in [6.07, 6.45) is 2.03. The molecule has 1 N–H and O–H groups in total. The molecule has 0 amide bonds. The Hall–Kier alpha value is -1.52. The predicted octanol–water partition coefficient (Wildman–Crippen LogP) is 3.61. The van der Waals surface area contributed by atoms with Gasteiger partial charge in [0, 0.05) is 10.5 Å². The number of fused-ring (bicyclic) bond motifs is 2. The molecular weight excluding hydrogens is 330 g/mol. The van der Waals surface area contributed by atoms with E-state index >= 15 is 0 Å². The van der Waals surface area contributed by atoms with E-state index in [-0.39, 0.29) is 0 Å². The van der Waals surface area contributed by atoms with Crippen molar-refractivity contribution < 1.29 is 9.47 Å². The third-order valence-corrected chi connectivity index (χ3v) is 4.68. The minimum Gasteiger partial charge on any atom is -0.454 e. The van der Waals surface area contributed by atoms with Gasteiger partial charge >= 0.3 is 0 Å². The van der Waals surface area contributed by atoms with Crippen LogP contribution in [0.5, 0.6) is 11.5 Å². The summed E-state index contributed by atoms with van der Waals surface area (Å²) in [5, 5.41) is 3.62. The SMILES string of the molecule is Brc1ccc(CC2NCCc3cc4c(cc32)OCO4)cc1. The Kier molecular flexibility index (Phi) is 3.36. The number of hydrogen-bond donors (Lipinski definition) is 1. The molecule has 2 aromatic carbocycles. The van der Waals surface area contributed by atoms with E-state index in [0.717, 1.165) is 35.4 Å². The number of ether oxygens (including phenoxy) is 2. The van der Waals surface area contributed by atoms with Gasteiger partial charge in [-0.15, -0.1) is 0 Å². The highest BCUT2D eigenvalue weighted by molar-refractivity contribution is 9.10. The summed E-state index contributed by atoms with van der Waals surface area (Å²) in [5.41, 5.74) is 4.05. The second-order valence-electron chi connectivity index (χ2n) is 5.49. The zero-order valence-electron chi connectivity index (χ0n) is 11.6. The fourth-order valence-electron chi connectivity index (χ4n) is 3.07. The van der Waals surface area contributed by atoms with Gasteiger partial charge in [-0.25, -0.2) is 0 Å². The Bertz CT molecular complexity index is 669. The van der Waals surface area contributed by atoms with E-state index in [9.17, 15) is 0 Å². The smallest absolute Gasteiger partial charge is 0.231 e. The second-order valence-corrected chi connectivity index (χ2v) is 6.41. The van der Waals surface area contributed by atoms with Crippen LogP contribution in [-0.2, 0) is 12.8 Å². The average molecular weight is 346 g/mol. The minimum absolute atomic E-state index is 0.336. The molecule has 0 bridgehead atoms. The van der Waals surface area contributed by atoms with Crippen LogP contribution in [0, 0.1) is 0 Å². The molecule has 2 aromatic rings. The van der Waals surface area contributed by atoms with E-state index in [1.54, 1.807) is 0 Å². The lowest BCUT2D eigenvalue weighted by Gasteiger charge is -2.27. The molecule has 0 aliphatic carbocycles. The van der Waals surface area contributed by atoms with Crippen molar-refractivity contribution in [3.63, 3.8) is 0 Å². The number of rotatable bonds is 2. The van der Waals surface area contributed by atoms with Gasteiger partial charge in [-0.05, 0) is 60.3 Å². The first kappa shape index (κ1) is 13.2. The van der Waals surface area contributed by atoms with Crippen molar-refractivity contribution in [1.29, 1.82) is 0 Å². The molecule has 0 saturated carbocycles. The highest BCUT2D eigenvalue weighted by atomic mass is 79.9. The van der Waals surface area contributed by atoms with Crippen molar-refractivity contribution >= 4 is 15.9 Å². The van der Waals surface area contributed by atoms with E-state index in [1.165, 1.54) is 16.7 Å². The monoisotopic (exact) mass is 345 g/mol. The van der Waals surface area contributed by atoms with E-state index in [0.29, 0.717) is 12.8 Å². The van der Waals surface area contributed by atoms with E-state index in [4.69, 9.17) is 9.47 Å². The largest absolute Gasteiger partial charge is 0.454 e. The Morgan fingerprint density at radius 3 is 2.67 bits per heavy atom. The first-order valence-corrected chi connectivity index (χ1v) is 7.99. The van der Waals surface area contributed by atoms with Crippen molar-refractivity contribution in [2.24, 2.45) is 0 Å². The molecule has 0 fully saturated rings. The van der Waals surface area contributed by atoms with Crippen molar-refractivity contribution in [3.8, 4) is 11.5 Å². The third-order valence-electron chi connectivity index (χ3n) is 4.15. The average Bonchev–Trinajstić information content (AvgIpc) is 2.95. The summed E-state index contributed by atoms with van der Waals surface area (Å²) in [6.45, 7) is 1.34. The summed E-state index contributed by atoms with van der Waals surface area (Å²) < 4.78 is 12.1. The van der Waals surface area contributed by atoms with Gasteiger partial charge in [0.25, 0.3) is 0 Å². The summed E-state index contributed by atoms with van der Waals surface area (Å²) in [5.74, 6) is 1.76. The molecule has 21 heavy (non-hydrogen) atoms. The van der Waals surface area contributed by atoms with Crippen LogP contribution < -0.4 is 14.8 Å². The Balaban J connectivity index is 1.65. The van der Waals surface area contributed by atoms with Gasteiger partial charge < -0.3 is 14.8 Å². The fourth-order valence-corrected chi connectivity index (χ4v) is 3.33. The summed E-state index contributed by atoms with van der Waals surface area (Å²) in [7, 11) is 0. The number of halogens is 1. The Morgan fingerprint density at radius 1 is 1.10 bits per heavy atom. The van der Waals surface area contributed by atoms with Crippen LogP contribution in [0.4, 0.5) is 0 Å². The van der Waals surface area contributed by atoms with Crippen LogP contribution >= 0.6 is 15.9 Å². The van der Waals surface area contributed by atoms with Crippen LogP contribution in [0.3, 0.4) is 0 Å². The third kappa shape index (κ3) is 2.54. The maximum atomic E-state index is 5.52. The van der Waals surface area contributed by atoms with Crippen molar-refractivity contribution in [2.75, 3.05) is 13.3 Å². The number of benzene rings is 2. The van der Waals surface area contributed by atoms with E-state index in [1.807, 2.05) is 0 Å². The van der Waals surface area contributed by atoms with Gasteiger partial charge in [-0.1, -0.05) is 28.1 Å². The van der Waals surface area contributed by atoms with Crippen molar-refractivity contribution in [1.82, 2.24) is 5.32 Å². The van der Waals surface area contributed by atoms with Crippen LogP contribution in [0.2, 0.25) is 0 Å². The lowest BCUT2D eigenvalue weighted by molar-refractivity contribution is 0.174. The molecule has 2 heterocycles. The quantitative estimate of drug-likeness (QED) is 0.901. The standard InChI is InChI=1S/C17H16BrNO2/c18-13-3-1-11(2-4-13)7-15-14-9-17-16(20-10-21-17)8-12(14)5-6-19-15/h1-4,8-9,15,19H,5-7,10H2. The normalized spacial score (nSPS) is 19.4. The molecule has 0 spiro atoms. The molecule has 2 aliphatic heterocycles. The van der Waals surface area contributed by atoms with Crippen LogP contribution in [-0.4, -0.2) is 13.3 Å². The molecule has 0 saturated heterocycles. The Morgan fingerprint density at radius 2 is 1.86 bits per heavy atom. The second kappa shape index (κ2) is 5.35. The lowest BCUT2D eigenvalue weighted by Crippen LogP contribution is -2.31. The first-order chi connectivity index (χ1) is 10.3.